The molecule has 2 nitrogen and oxygen atoms in total. The predicted molar refractivity (Wildman–Crippen MR) is 247 cm³/mol. The van der Waals surface area contributed by atoms with Gasteiger partial charge in [-0.2, -0.15) is 0 Å². The van der Waals surface area contributed by atoms with Crippen molar-refractivity contribution in [2.24, 2.45) is 0 Å². The fraction of sp³-hybridized carbons (Fsp3) is 0. The van der Waals surface area contributed by atoms with Gasteiger partial charge >= 0.3 is 0 Å². The Kier molecular flexibility index (Phi) is 8.19. The van der Waals surface area contributed by atoms with Crippen molar-refractivity contribution in [1.29, 1.82) is 0 Å². The third-order valence-corrected chi connectivity index (χ3v) is 11.5. The van der Waals surface area contributed by atoms with Crippen molar-refractivity contribution in [3.8, 4) is 39.1 Å². The molecule has 0 amide bonds. The molecule has 0 aliphatic heterocycles. The lowest BCUT2D eigenvalue weighted by Crippen LogP contribution is -2.10. The summed E-state index contributed by atoms with van der Waals surface area (Å²) in [5, 5.41) is 7.48. The summed E-state index contributed by atoms with van der Waals surface area (Å²) >= 11 is 0. The Hall–Kier alpha value is -7.68. The van der Waals surface area contributed by atoms with Crippen LogP contribution >= 0.6 is 0 Å². The van der Waals surface area contributed by atoms with Crippen LogP contribution in [0.2, 0.25) is 0 Å². The van der Waals surface area contributed by atoms with E-state index in [0.717, 1.165) is 22.7 Å². The molecule has 272 valence electrons. The Morgan fingerprint density at radius 2 is 0.810 bits per heavy atom. The molecule has 0 spiro atoms. The maximum absolute atomic E-state index is 2.45. The monoisotopic (exact) mass is 738 g/mol. The van der Waals surface area contributed by atoms with Gasteiger partial charge in [0, 0.05) is 38.9 Å². The third kappa shape index (κ3) is 5.91. The van der Waals surface area contributed by atoms with Gasteiger partial charge in [-0.3, -0.25) is 0 Å². The molecule has 10 aromatic carbocycles. The van der Waals surface area contributed by atoms with Crippen LogP contribution in [0.4, 0.5) is 17.1 Å². The molecule has 0 saturated carbocycles. The summed E-state index contributed by atoms with van der Waals surface area (Å²) in [6.45, 7) is 0. The molecule has 11 rings (SSSR count). The van der Waals surface area contributed by atoms with E-state index >= 15 is 0 Å². The van der Waals surface area contributed by atoms with Crippen LogP contribution in [-0.2, 0) is 0 Å². The number of aromatic nitrogens is 1. The molecular formula is C56H38N2. The Morgan fingerprint density at radius 1 is 0.276 bits per heavy atom. The highest BCUT2D eigenvalue weighted by molar-refractivity contribution is 6.18. The Bertz CT molecular complexity index is 3250. The highest BCUT2D eigenvalue weighted by Gasteiger charge is 2.17. The molecule has 0 unspecified atom stereocenters. The van der Waals surface area contributed by atoms with Gasteiger partial charge in [-0.15, -0.1) is 0 Å². The van der Waals surface area contributed by atoms with E-state index < -0.39 is 0 Å². The molecular weight excluding hydrogens is 701 g/mol. The zero-order chi connectivity index (χ0) is 38.4. The van der Waals surface area contributed by atoms with Gasteiger partial charge in [0.15, 0.2) is 0 Å². The van der Waals surface area contributed by atoms with Crippen LogP contribution < -0.4 is 4.90 Å². The molecule has 0 atom stereocenters. The second-order valence-electron chi connectivity index (χ2n) is 15.0. The minimum atomic E-state index is 1.10. The number of benzene rings is 10. The lowest BCUT2D eigenvalue weighted by molar-refractivity contribution is 1.19. The Balaban J connectivity index is 0.987. The Labute approximate surface area is 338 Å². The molecule has 58 heavy (non-hydrogen) atoms. The van der Waals surface area contributed by atoms with Crippen molar-refractivity contribution < 1.29 is 0 Å². The molecule has 0 aliphatic rings. The SMILES string of the molecule is c1ccc(-c2ccc(N(c3ccc(-c4ccc5ccc(-n6c7ccccc7c7ccc8ccccc8c76)cc5c4)cc3)c3cccc(-c4ccccc4)c3)cc2)cc1. The Morgan fingerprint density at radius 3 is 1.55 bits per heavy atom. The molecule has 0 N–H and O–H groups in total. The van der Waals surface area contributed by atoms with Crippen molar-refractivity contribution >= 4 is 60.4 Å². The number of nitrogens with zero attached hydrogens (tertiary/aromatic N) is 2. The van der Waals surface area contributed by atoms with Crippen LogP contribution in [-0.4, -0.2) is 4.57 Å². The minimum absolute atomic E-state index is 1.10. The molecule has 1 aromatic heterocycles. The molecule has 0 aliphatic carbocycles. The van der Waals surface area contributed by atoms with Crippen LogP contribution in [0.3, 0.4) is 0 Å². The molecule has 1 heterocycles. The molecule has 0 radical (unpaired) electrons. The van der Waals surface area contributed by atoms with E-state index in [9.17, 15) is 0 Å². The standard InChI is InChI=1S/C56H38N2/c1-3-12-39(13-4-1)41-24-30-48(31-25-41)57(50-18-11-17-45(37-50)40-14-5-2-6-15-40)49-32-26-42(27-33-49)46-23-22-43-28-34-51(38-47(43)36-46)58-55-21-10-9-20-53(55)54-35-29-44-16-7-8-19-52(44)56(54)58/h1-38H. The van der Waals surface area contributed by atoms with Crippen molar-refractivity contribution in [3.05, 3.63) is 231 Å². The average Bonchev–Trinajstić information content (AvgIpc) is 3.65. The highest BCUT2D eigenvalue weighted by atomic mass is 15.1. The van der Waals surface area contributed by atoms with Gasteiger partial charge in [-0.25, -0.2) is 0 Å². The molecule has 11 aromatic rings. The van der Waals surface area contributed by atoms with E-state index in [1.54, 1.807) is 0 Å². The molecule has 0 fully saturated rings. The van der Waals surface area contributed by atoms with E-state index in [1.807, 2.05) is 0 Å². The summed E-state index contributed by atoms with van der Waals surface area (Å²) in [7, 11) is 0. The van der Waals surface area contributed by atoms with Gasteiger partial charge in [0.05, 0.1) is 11.0 Å². The van der Waals surface area contributed by atoms with Crippen LogP contribution in [0, 0.1) is 0 Å². The number of fused-ring (bicyclic) bond motifs is 6. The van der Waals surface area contributed by atoms with Crippen LogP contribution in [0.15, 0.2) is 231 Å². The number of hydrogen-bond acceptors (Lipinski definition) is 1. The maximum Gasteiger partial charge on any atom is 0.0619 e. The lowest BCUT2D eigenvalue weighted by Gasteiger charge is -2.26. The van der Waals surface area contributed by atoms with E-state index in [0.29, 0.717) is 0 Å². The predicted octanol–water partition coefficient (Wildman–Crippen LogP) is 15.6. The lowest BCUT2D eigenvalue weighted by atomic mass is 10.00. The first-order valence-electron chi connectivity index (χ1n) is 19.9. The maximum atomic E-state index is 2.45. The number of rotatable bonds is 7. The zero-order valence-corrected chi connectivity index (χ0v) is 31.8. The van der Waals surface area contributed by atoms with Gasteiger partial charge in [0.2, 0.25) is 0 Å². The second kappa shape index (κ2) is 14.1. The fourth-order valence-corrected chi connectivity index (χ4v) is 8.69. The zero-order valence-electron chi connectivity index (χ0n) is 31.8. The van der Waals surface area contributed by atoms with Crippen molar-refractivity contribution in [2.45, 2.75) is 0 Å². The van der Waals surface area contributed by atoms with E-state index in [-0.39, 0.29) is 0 Å². The summed E-state index contributed by atoms with van der Waals surface area (Å²) in [5.41, 5.74) is 14.1. The first-order chi connectivity index (χ1) is 28.7. The van der Waals surface area contributed by atoms with E-state index in [4.69, 9.17) is 0 Å². The smallest absolute Gasteiger partial charge is 0.0619 e. The van der Waals surface area contributed by atoms with Gasteiger partial charge in [0.1, 0.15) is 0 Å². The summed E-state index contributed by atoms with van der Waals surface area (Å²) in [5.74, 6) is 0. The average molecular weight is 739 g/mol. The van der Waals surface area contributed by atoms with Crippen LogP contribution in [0.25, 0.3) is 82.4 Å². The molecule has 0 saturated heterocycles. The van der Waals surface area contributed by atoms with E-state index in [2.05, 4.69) is 240 Å². The number of anilines is 3. The largest absolute Gasteiger partial charge is 0.310 e. The summed E-state index contributed by atoms with van der Waals surface area (Å²) in [6.07, 6.45) is 0. The minimum Gasteiger partial charge on any atom is -0.310 e. The summed E-state index contributed by atoms with van der Waals surface area (Å²) < 4.78 is 2.45. The number of hydrogen-bond donors (Lipinski definition) is 0. The molecule has 2 heteroatoms. The first-order valence-corrected chi connectivity index (χ1v) is 19.9. The van der Waals surface area contributed by atoms with Crippen molar-refractivity contribution in [2.75, 3.05) is 4.90 Å². The fourth-order valence-electron chi connectivity index (χ4n) is 8.69. The van der Waals surface area contributed by atoms with Gasteiger partial charge in [-0.05, 0) is 110 Å². The van der Waals surface area contributed by atoms with Crippen LogP contribution in [0.5, 0.6) is 0 Å². The number of para-hydroxylation sites is 1. The summed E-state index contributed by atoms with van der Waals surface area (Å²) in [6, 6.07) is 83.6. The normalized spacial score (nSPS) is 11.4. The van der Waals surface area contributed by atoms with Gasteiger partial charge in [-0.1, -0.05) is 170 Å². The van der Waals surface area contributed by atoms with Gasteiger partial charge < -0.3 is 9.47 Å². The first kappa shape index (κ1) is 33.6. The van der Waals surface area contributed by atoms with Crippen molar-refractivity contribution in [3.63, 3.8) is 0 Å². The van der Waals surface area contributed by atoms with E-state index in [1.165, 1.54) is 76.7 Å². The van der Waals surface area contributed by atoms with Crippen LogP contribution in [0.1, 0.15) is 0 Å². The topological polar surface area (TPSA) is 8.17 Å². The second-order valence-corrected chi connectivity index (χ2v) is 15.0. The van der Waals surface area contributed by atoms with Gasteiger partial charge in [0.25, 0.3) is 0 Å². The van der Waals surface area contributed by atoms with Crippen molar-refractivity contribution in [1.82, 2.24) is 4.57 Å². The third-order valence-electron chi connectivity index (χ3n) is 11.5. The molecule has 0 bridgehead atoms. The summed E-state index contributed by atoms with van der Waals surface area (Å²) in [4.78, 5) is 2.35. The highest BCUT2D eigenvalue weighted by Crippen LogP contribution is 2.40. The quantitative estimate of drug-likeness (QED) is 0.158.